The van der Waals surface area contributed by atoms with Crippen molar-refractivity contribution in [3.63, 3.8) is 0 Å². The summed E-state index contributed by atoms with van der Waals surface area (Å²) in [4.78, 5) is 0. The molecule has 1 unspecified atom stereocenters. The van der Waals surface area contributed by atoms with Crippen molar-refractivity contribution in [1.29, 1.82) is 0 Å². The highest BCUT2D eigenvalue weighted by Gasteiger charge is 2.36. The molecular weight excluding hydrogens is 195 g/mol. The first-order valence-electron chi connectivity index (χ1n) is 3.89. The number of hydrogen-bond donors (Lipinski definition) is 0. The van der Waals surface area contributed by atoms with Gasteiger partial charge in [-0.15, -0.1) is 0 Å². The van der Waals surface area contributed by atoms with Crippen LogP contribution in [-0.4, -0.2) is 34.0 Å². The molecule has 0 heterocycles. The minimum atomic E-state index is -3.09. The summed E-state index contributed by atoms with van der Waals surface area (Å²) in [6.07, 6.45) is 0.418. The van der Waals surface area contributed by atoms with Crippen molar-refractivity contribution in [2.75, 3.05) is 28.0 Å². The molecule has 80 valence electrons. The van der Waals surface area contributed by atoms with Crippen molar-refractivity contribution in [3.8, 4) is 0 Å². The average molecular weight is 212 g/mol. The van der Waals surface area contributed by atoms with Gasteiger partial charge in [0.15, 0.2) is 0 Å². The zero-order valence-corrected chi connectivity index (χ0v) is 9.59. The molecule has 0 rings (SSSR count). The van der Waals surface area contributed by atoms with Crippen LogP contribution < -0.4 is 0 Å². The third kappa shape index (κ3) is 3.75. The van der Waals surface area contributed by atoms with Crippen molar-refractivity contribution in [2.45, 2.75) is 19.3 Å². The third-order valence-corrected chi connectivity index (χ3v) is 2.96. The average Bonchev–Trinajstić information content (AvgIpc) is 2.14. The molecule has 0 bridgehead atoms. The molecule has 0 fully saturated rings. The van der Waals surface area contributed by atoms with E-state index in [9.17, 15) is 4.57 Å². The Morgan fingerprint density at radius 3 is 1.92 bits per heavy atom. The van der Waals surface area contributed by atoms with Gasteiger partial charge in [0, 0.05) is 34.4 Å². The summed E-state index contributed by atoms with van der Waals surface area (Å²) in [7, 11) is 1.06. The summed E-state index contributed by atoms with van der Waals surface area (Å²) < 4.78 is 31.2. The minimum Gasteiger partial charge on any atom is -0.331 e. The lowest BCUT2D eigenvalue weighted by Crippen LogP contribution is -2.35. The molecule has 1 atom stereocenters. The summed E-state index contributed by atoms with van der Waals surface area (Å²) in [5.74, 6) is -1.28. The fraction of sp³-hybridized carbons (Fsp3) is 1.00. The van der Waals surface area contributed by atoms with Gasteiger partial charge in [-0.05, 0) is 0 Å². The maximum atomic E-state index is 11.5. The van der Waals surface area contributed by atoms with Gasteiger partial charge in [0.25, 0.3) is 5.97 Å². The van der Waals surface area contributed by atoms with E-state index in [1.807, 2.05) is 0 Å². The van der Waals surface area contributed by atoms with E-state index in [2.05, 4.69) is 4.52 Å². The first-order chi connectivity index (χ1) is 5.95. The molecule has 0 amide bonds. The molecule has 0 aromatic heterocycles. The van der Waals surface area contributed by atoms with E-state index >= 15 is 0 Å². The van der Waals surface area contributed by atoms with Crippen LogP contribution >= 0.6 is 7.60 Å². The van der Waals surface area contributed by atoms with Crippen molar-refractivity contribution in [3.05, 3.63) is 0 Å². The summed E-state index contributed by atoms with van der Waals surface area (Å²) >= 11 is 0. The fourth-order valence-electron chi connectivity index (χ4n) is 0.801. The van der Waals surface area contributed by atoms with Gasteiger partial charge in [0.2, 0.25) is 0 Å². The van der Waals surface area contributed by atoms with Crippen LogP contribution in [0.3, 0.4) is 0 Å². The van der Waals surface area contributed by atoms with Crippen molar-refractivity contribution in [1.82, 2.24) is 0 Å². The van der Waals surface area contributed by atoms with Crippen LogP contribution in [0, 0.1) is 0 Å². The molecule has 0 spiro atoms. The Kier molecular flexibility index (Phi) is 5.10. The van der Waals surface area contributed by atoms with Gasteiger partial charge < -0.3 is 14.0 Å². The molecule has 0 N–H and O–H groups in total. The molecule has 0 radical (unpaired) electrons. The third-order valence-electron chi connectivity index (χ3n) is 1.69. The summed E-state index contributed by atoms with van der Waals surface area (Å²) in [5, 5.41) is 0. The van der Waals surface area contributed by atoms with Gasteiger partial charge in [-0.2, -0.15) is 0 Å². The van der Waals surface area contributed by atoms with Gasteiger partial charge in [-0.3, -0.25) is 4.57 Å². The van der Waals surface area contributed by atoms with E-state index in [4.69, 9.17) is 14.0 Å². The van der Waals surface area contributed by atoms with E-state index in [0.717, 1.165) is 0 Å². The molecule has 0 aliphatic heterocycles. The smallest absolute Gasteiger partial charge is 0.331 e. The molecule has 6 heteroatoms. The lowest BCUT2D eigenvalue weighted by atomic mass is 10.4. The van der Waals surface area contributed by atoms with Gasteiger partial charge in [-0.25, -0.2) is 4.52 Å². The SMILES string of the molecule is CCC(OC)(OC)OP(C)(=O)OC. The van der Waals surface area contributed by atoms with Crippen LogP contribution in [0.25, 0.3) is 0 Å². The molecule has 0 saturated heterocycles. The van der Waals surface area contributed by atoms with Gasteiger partial charge in [-0.1, -0.05) is 6.92 Å². The normalized spacial score (nSPS) is 17.0. The summed E-state index contributed by atoms with van der Waals surface area (Å²) in [6, 6.07) is 0. The van der Waals surface area contributed by atoms with Crippen LogP contribution in [0.1, 0.15) is 13.3 Å². The standard InChI is InChI=1S/C7H17O5P/c1-6-7(9-2,10-3)12-13(5,8)11-4/h6H2,1-5H3. The Bertz CT molecular complexity index is 181. The molecule has 0 aromatic rings. The van der Waals surface area contributed by atoms with Crippen molar-refractivity contribution in [2.24, 2.45) is 0 Å². The highest BCUT2D eigenvalue weighted by Crippen LogP contribution is 2.48. The number of rotatable bonds is 6. The topological polar surface area (TPSA) is 54.0 Å². The van der Waals surface area contributed by atoms with E-state index in [-0.39, 0.29) is 0 Å². The molecule has 13 heavy (non-hydrogen) atoms. The minimum absolute atomic E-state index is 0.418. The van der Waals surface area contributed by atoms with Gasteiger partial charge >= 0.3 is 7.60 Å². The zero-order chi connectivity index (χ0) is 10.5. The Morgan fingerprint density at radius 2 is 1.69 bits per heavy atom. The van der Waals surface area contributed by atoms with Gasteiger partial charge in [0.1, 0.15) is 0 Å². The van der Waals surface area contributed by atoms with Crippen molar-refractivity contribution < 1.29 is 23.1 Å². The second-order valence-electron chi connectivity index (χ2n) is 2.49. The molecule has 0 aromatic carbocycles. The maximum Gasteiger partial charge on any atom is 0.331 e. The van der Waals surface area contributed by atoms with Crippen LogP contribution in [0.15, 0.2) is 0 Å². The lowest BCUT2D eigenvalue weighted by molar-refractivity contribution is -0.325. The number of ether oxygens (including phenoxy) is 2. The first-order valence-corrected chi connectivity index (χ1v) is 5.88. The molecule has 0 aliphatic rings. The zero-order valence-electron chi connectivity index (χ0n) is 8.70. The number of hydrogen-bond acceptors (Lipinski definition) is 5. The second-order valence-corrected chi connectivity index (χ2v) is 4.58. The van der Waals surface area contributed by atoms with Crippen LogP contribution in [-0.2, 0) is 23.1 Å². The Hall–Kier alpha value is 0.0700. The summed E-state index contributed by atoms with van der Waals surface area (Å²) in [5.41, 5.74) is 0. The largest absolute Gasteiger partial charge is 0.331 e. The Morgan fingerprint density at radius 1 is 1.23 bits per heavy atom. The summed E-state index contributed by atoms with van der Waals surface area (Å²) in [6.45, 7) is 3.15. The first kappa shape index (κ1) is 13.1. The maximum absolute atomic E-state index is 11.5. The van der Waals surface area contributed by atoms with E-state index in [1.54, 1.807) is 6.92 Å². The predicted molar refractivity (Wildman–Crippen MR) is 48.7 cm³/mol. The molecular formula is C7H17O5P. The van der Waals surface area contributed by atoms with E-state index in [0.29, 0.717) is 6.42 Å². The quantitative estimate of drug-likeness (QED) is 0.496. The lowest BCUT2D eigenvalue weighted by Gasteiger charge is -2.30. The van der Waals surface area contributed by atoms with Crippen LogP contribution in [0.2, 0.25) is 0 Å². The number of methoxy groups -OCH3 is 2. The highest BCUT2D eigenvalue weighted by atomic mass is 31.2. The molecule has 0 aliphatic carbocycles. The van der Waals surface area contributed by atoms with E-state index in [1.165, 1.54) is 28.0 Å². The van der Waals surface area contributed by atoms with Gasteiger partial charge in [0.05, 0.1) is 0 Å². The second kappa shape index (κ2) is 5.08. The van der Waals surface area contributed by atoms with Crippen LogP contribution in [0.4, 0.5) is 0 Å². The van der Waals surface area contributed by atoms with Crippen molar-refractivity contribution >= 4 is 7.60 Å². The van der Waals surface area contributed by atoms with E-state index < -0.39 is 13.6 Å². The molecule has 5 nitrogen and oxygen atoms in total. The predicted octanol–water partition coefficient (Wildman–Crippen LogP) is 1.83. The Balaban J connectivity index is 4.51. The monoisotopic (exact) mass is 212 g/mol. The van der Waals surface area contributed by atoms with Crippen LogP contribution in [0.5, 0.6) is 0 Å². The Labute approximate surface area is 78.8 Å². The fourth-order valence-corrected chi connectivity index (χ4v) is 1.66. The molecule has 0 saturated carbocycles. The highest BCUT2D eigenvalue weighted by molar-refractivity contribution is 7.52.